The molecule has 1 atom stereocenters. The van der Waals surface area contributed by atoms with Crippen LogP contribution in [0.25, 0.3) is 0 Å². The number of rotatable bonds is 7. The van der Waals surface area contributed by atoms with Crippen molar-refractivity contribution in [2.75, 3.05) is 26.3 Å². The van der Waals surface area contributed by atoms with Gasteiger partial charge in [-0.05, 0) is 68.1 Å². The summed E-state index contributed by atoms with van der Waals surface area (Å²) in [5.74, 6) is 0.684. The highest BCUT2D eigenvalue weighted by atomic mass is 19.1. The molecule has 0 aliphatic carbocycles. The Morgan fingerprint density at radius 2 is 1.77 bits per heavy atom. The zero-order chi connectivity index (χ0) is 18.4. The summed E-state index contributed by atoms with van der Waals surface area (Å²) in [5, 5.41) is 10.1. The number of aliphatic hydroxyl groups excluding tert-OH is 1. The Morgan fingerprint density at radius 3 is 2.42 bits per heavy atom. The monoisotopic (exact) mass is 357 g/mol. The summed E-state index contributed by atoms with van der Waals surface area (Å²) in [5.41, 5.74) is 2.19. The lowest BCUT2D eigenvalue weighted by molar-refractivity contribution is 0.0288. The molecule has 2 aromatic rings. The van der Waals surface area contributed by atoms with E-state index < -0.39 is 0 Å². The maximum atomic E-state index is 13.2. The first-order chi connectivity index (χ1) is 12.6. The first-order valence-corrected chi connectivity index (χ1v) is 9.42. The summed E-state index contributed by atoms with van der Waals surface area (Å²) in [6, 6.07) is 14.9. The summed E-state index contributed by atoms with van der Waals surface area (Å²) >= 11 is 0. The minimum absolute atomic E-state index is 0.151. The largest absolute Gasteiger partial charge is 0.494 e. The number of hydrogen-bond acceptors (Lipinski definition) is 3. The van der Waals surface area contributed by atoms with Crippen LogP contribution in [0.4, 0.5) is 4.39 Å². The topological polar surface area (TPSA) is 32.7 Å². The standard InChI is InChI=1S/C22H28FNO2/c1-2-26-21-10-6-19(7-11-21)15-24-13-3-12-22(16-24,17-25)14-18-4-8-20(23)9-5-18/h4-11,25H,2-3,12-17H2,1H3/t22-/m1/s1. The van der Waals surface area contributed by atoms with Crippen LogP contribution in [0.15, 0.2) is 48.5 Å². The molecule has 0 aromatic heterocycles. The molecule has 1 fully saturated rings. The fraction of sp³-hybridized carbons (Fsp3) is 0.455. The lowest BCUT2D eigenvalue weighted by atomic mass is 9.75. The maximum absolute atomic E-state index is 13.2. The van der Waals surface area contributed by atoms with Gasteiger partial charge in [0.1, 0.15) is 11.6 Å². The van der Waals surface area contributed by atoms with Crippen molar-refractivity contribution in [1.82, 2.24) is 4.90 Å². The molecule has 4 heteroatoms. The van der Waals surface area contributed by atoms with Crippen LogP contribution in [0.5, 0.6) is 5.75 Å². The van der Waals surface area contributed by atoms with E-state index in [0.717, 1.165) is 50.2 Å². The SMILES string of the molecule is CCOc1ccc(CN2CCC[C@@](CO)(Cc3ccc(F)cc3)C2)cc1. The Hall–Kier alpha value is -1.91. The molecule has 0 bridgehead atoms. The average molecular weight is 357 g/mol. The van der Waals surface area contributed by atoms with E-state index in [-0.39, 0.29) is 17.8 Å². The zero-order valence-corrected chi connectivity index (χ0v) is 15.5. The van der Waals surface area contributed by atoms with E-state index in [1.165, 1.54) is 17.7 Å². The van der Waals surface area contributed by atoms with Crippen molar-refractivity contribution < 1.29 is 14.2 Å². The number of piperidine rings is 1. The number of nitrogens with zero attached hydrogens (tertiary/aromatic N) is 1. The summed E-state index contributed by atoms with van der Waals surface area (Å²) in [7, 11) is 0. The second kappa shape index (κ2) is 8.65. The van der Waals surface area contributed by atoms with Gasteiger partial charge in [-0.25, -0.2) is 4.39 Å². The first kappa shape index (κ1) is 18.9. The van der Waals surface area contributed by atoms with Crippen LogP contribution in [-0.4, -0.2) is 36.3 Å². The highest BCUT2D eigenvalue weighted by molar-refractivity contribution is 5.27. The third-order valence-electron chi connectivity index (χ3n) is 5.21. The highest BCUT2D eigenvalue weighted by Crippen LogP contribution is 2.34. The van der Waals surface area contributed by atoms with Crippen molar-refractivity contribution in [2.45, 2.75) is 32.7 Å². The van der Waals surface area contributed by atoms with Crippen molar-refractivity contribution in [3.05, 3.63) is 65.5 Å². The molecule has 1 aliphatic rings. The molecule has 2 aromatic carbocycles. The van der Waals surface area contributed by atoms with Gasteiger partial charge in [-0.15, -0.1) is 0 Å². The molecular weight excluding hydrogens is 329 g/mol. The number of hydrogen-bond donors (Lipinski definition) is 1. The van der Waals surface area contributed by atoms with E-state index in [1.807, 2.05) is 31.2 Å². The average Bonchev–Trinajstić information content (AvgIpc) is 2.66. The van der Waals surface area contributed by atoms with E-state index in [1.54, 1.807) is 0 Å². The van der Waals surface area contributed by atoms with Crippen molar-refractivity contribution >= 4 is 0 Å². The van der Waals surface area contributed by atoms with E-state index in [2.05, 4.69) is 17.0 Å². The van der Waals surface area contributed by atoms with E-state index in [9.17, 15) is 9.50 Å². The van der Waals surface area contributed by atoms with Crippen LogP contribution in [0.1, 0.15) is 30.9 Å². The lowest BCUT2D eigenvalue weighted by Gasteiger charge is -2.42. The third-order valence-corrected chi connectivity index (χ3v) is 5.21. The van der Waals surface area contributed by atoms with E-state index in [4.69, 9.17) is 4.74 Å². The molecule has 0 unspecified atom stereocenters. The Labute approximate surface area is 155 Å². The molecule has 0 saturated carbocycles. The number of halogens is 1. The second-order valence-electron chi connectivity index (χ2n) is 7.35. The number of aliphatic hydroxyl groups is 1. The molecule has 140 valence electrons. The van der Waals surface area contributed by atoms with Gasteiger partial charge in [-0.1, -0.05) is 24.3 Å². The molecule has 0 amide bonds. The Kier molecular flexibility index (Phi) is 6.28. The molecule has 1 saturated heterocycles. The summed E-state index contributed by atoms with van der Waals surface area (Å²) in [6.07, 6.45) is 2.85. The van der Waals surface area contributed by atoms with Gasteiger partial charge in [0.2, 0.25) is 0 Å². The smallest absolute Gasteiger partial charge is 0.123 e. The Morgan fingerprint density at radius 1 is 1.08 bits per heavy atom. The van der Waals surface area contributed by atoms with E-state index in [0.29, 0.717) is 6.61 Å². The molecule has 1 N–H and O–H groups in total. The maximum Gasteiger partial charge on any atom is 0.123 e. The van der Waals surface area contributed by atoms with Gasteiger partial charge in [0.05, 0.1) is 13.2 Å². The van der Waals surface area contributed by atoms with Gasteiger partial charge >= 0.3 is 0 Å². The molecule has 3 nitrogen and oxygen atoms in total. The summed E-state index contributed by atoms with van der Waals surface area (Å²) in [6.45, 7) is 5.58. The van der Waals surface area contributed by atoms with Gasteiger partial charge in [0.15, 0.2) is 0 Å². The zero-order valence-electron chi connectivity index (χ0n) is 15.5. The molecule has 0 radical (unpaired) electrons. The molecular formula is C22H28FNO2. The van der Waals surface area contributed by atoms with Crippen molar-refractivity contribution in [1.29, 1.82) is 0 Å². The van der Waals surface area contributed by atoms with Crippen LogP contribution in [0.3, 0.4) is 0 Å². The van der Waals surface area contributed by atoms with Crippen molar-refractivity contribution in [3.63, 3.8) is 0 Å². The van der Waals surface area contributed by atoms with Crippen molar-refractivity contribution in [3.8, 4) is 5.75 Å². The molecule has 1 heterocycles. The fourth-order valence-electron chi connectivity index (χ4n) is 3.93. The fourth-order valence-corrected chi connectivity index (χ4v) is 3.93. The lowest BCUT2D eigenvalue weighted by Crippen LogP contribution is -2.46. The van der Waals surface area contributed by atoms with Gasteiger partial charge < -0.3 is 9.84 Å². The number of benzene rings is 2. The van der Waals surface area contributed by atoms with Gasteiger partial charge in [0.25, 0.3) is 0 Å². The van der Waals surface area contributed by atoms with Gasteiger partial charge in [0, 0.05) is 18.5 Å². The van der Waals surface area contributed by atoms with Gasteiger partial charge in [-0.3, -0.25) is 4.90 Å². The molecule has 0 spiro atoms. The summed E-state index contributed by atoms with van der Waals surface area (Å²) < 4.78 is 18.7. The van der Waals surface area contributed by atoms with Crippen LogP contribution >= 0.6 is 0 Å². The predicted octanol–water partition coefficient (Wildman–Crippen LogP) is 4.04. The van der Waals surface area contributed by atoms with Gasteiger partial charge in [-0.2, -0.15) is 0 Å². The Bertz CT molecular complexity index is 686. The molecule has 1 aliphatic heterocycles. The third kappa shape index (κ3) is 4.83. The van der Waals surface area contributed by atoms with E-state index >= 15 is 0 Å². The Balaban J connectivity index is 1.65. The molecule has 26 heavy (non-hydrogen) atoms. The van der Waals surface area contributed by atoms with Crippen molar-refractivity contribution in [2.24, 2.45) is 5.41 Å². The predicted molar refractivity (Wildman–Crippen MR) is 102 cm³/mol. The quantitative estimate of drug-likeness (QED) is 0.812. The minimum atomic E-state index is -0.215. The normalized spacial score (nSPS) is 20.9. The van der Waals surface area contributed by atoms with Crippen LogP contribution < -0.4 is 4.74 Å². The van der Waals surface area contributed by atoms with Crippen LogP contribution in [0, 0.1) is 11.2 Å². The van der Waals surface area contributed by atoms with Crippen LogP contribution in [0.2, 0.25) is 0 Å². The number of likely N-dealkylation sites (tertiary alicyclic amines) is 1. The summed E-state index contributed by atoms with van der Waals surface area (Å²) in [4.78, 5) is 2.42. The molecule has 3 rings (SSSR count). The number of ether oxygens (including phenoxy) is 1. The van der Waals surface area contributed by atoms with Crippen LogP contribution in [-0.2, 0) is 13.0 Å². The first-order valence-electron chi connectivity index (χ1n) is 9.42. The highest BCUT2D eigenvalue weighted by Gasteiger charge is 2.35. The second-order valence-corrected chi connectivity index (χ2v) is 7.35. The minimum Gasteiger partial charge on any atom is -0.494 e.